The number of nitrogens with one attached hydrogen (secondary N) is 3. The summed E-state index contributed by atoms with van der Waals surface area (Å²) in [5, 5.41) is 17.4. The number of aromatic hydroxyl groups is 1. The summed E-state index contributed by atoms with van der Waals surface area (Å²) in [5.41, 5.74) is 6.71. The molecule has 0 spiro atoms. The van der Waals surface area contributed by atoms with E-state index >= 15 is 0 Å². The number of hydrogen-bond donors (Lipinski definition) is 4. The van der Waals surface area contributed by atoms with Crippen LogP contribution in [0.2, 0.25) is 0 Å². The molecule has 0 saturated carbocycles. The van der Waals surface area contributed by atoms with Crippen LogP contribution >= 0.6 is 37.2 Å². The van der Waals surface area contributed by atoms with Gasteiger partial charge in [0.15, 0.2) is 5.66 Å². The van der Waals surface area contributed by atoms with Gasteiger partial charge in [-0.25, -0.2) is 4.98 Å². The van der Waals surface area contributed by atoms with Crippen molar-refractivity contribution in [1.29, 1.82) is 0 Å². The zero-order chi connectivity index (χ0) is 21.7. The molecule has 186 valence electrons. The van der Waals surface area contributed by atoms with Gasteiger partial charge in [-0.2, -0.15) is 0 Å². The van der Waals surface area contributed by atoms with E-state index in [0.29, 0.717) is 0 Å². The molecule has 2 aliphatic rings. The summed E-state index contributed by atoms with van der Waals surface area (Å²) in [6, 6.07) is 20.2. The Kier molecular flexibility index (Phi) is 7.97. The first-order valence-corrected chi connectivity index (χ1v) is 11.0. The maximum absolute atomic E-state index is 9.88. The molecule has 0 bridgehead atoms. The molecule has 7 nitrogen and oxygen atoms in total. The Labute approximate surface area is 223 Å². The van der Waals surface area contributed by atoms with Crippen LogP contribution in [0.15, 0.2) is 67.0 Å². The number of aromatic nitrogens is 2. The van der Waals surface area contributed by atoms with Crippen molar-refractivity contribution in [3.63, 3.8) is 0 Å². The number of piperazine rings is 1. The molecule has 4 aromatic rings. The normalized spacial score (nSPS) is 18.9. The van der Waals surface area contributed by atoms with E-state index in [0.717, 1.165) is 59.7 Å². The number of phenols is 1. The maximum atomic E-state index is 9.88. The number of hydrogen-bond acceptors (Lipinski definition) is 6. The Hall–Kier alpha value is -2.84. The lowest BCUT2D eigenvalue weighted by Crippen LogP contribution is -2.44. The zero-order valence-corrected chi connectivity index (χ0v) is 21.6. The van der Waals surface area contributed by atoms with Crippen molar-refractivity contribution in [3.8, 4) is 5.75 Å². The van der Waals surface area contributed by atoms with Gasteiger partial charge in [-0.1, -0.05) is 18.2 Å². The van der Waals surface area contributed by atoms with Crippen molar-refractivity contribution in [3.05, 3.63) is 78.1 Å². The SMILES string of the molecule is CN1CCN(c2ccc3c(c2)NC(c2ccc(O)cc2)(c2ccc4nc[nH]c4c2)N3)CC1.Cl.Cl.Cl. The van der Waals surface area contributed by atoms with Gasteiger partial charge in [0.25, 0.3) is 0 Å². The molecule has 0 radical (unpaired) electrons. The molecule has 1 unspecified atom stereocenters. The number of imidazole rings is 1. The third-order valence-electron chi connectivity index (χ3n) is 6.67. The fourth-order valence-corrected chi connectivity index (χ4v) is 4.78. The zero-order valence-electron chi connectivity index (χ0n) is 19.2. The number of H-pyrrole nitrogens is 1. The maximum Gasteiger partial charge on any atom is 0.161 e. The van der Waals surface area contributed by atoms with E-state index in [9.17, 15) is 5.11 Å². The Morgan fingerprint density at radius 1 is 0.800 bits per heavy atom. The summed E-state index contributed by atoms with van der Waals surface area (Å²) in [7, 11) is 2.17. The minimum atomic E-state index is -0.657. The highest BCUT2D eigenvalue weighted by atomic mass is 35.5. The highest BCUT2D eigenvalue weighted by Gasteiger charge is 2.40. The third-order valence-corrected chi connectivity index (χ3v) is 6.67. The van der Waals surface area contributed by atoms with E-state index in [2.05, 4.69) is 67.8 Å². The van der Waals surface area contributed by atoms with Crippen molar-refractivity contribution in [2.75, 3.05) is 48.8 Å². The smallest absolute Gasteiger partial charge is 0.161 e. The number of anilines is 3. The van der Waals surface area contributed by atoms with Crippen LogP contribution in [0.3, 0.4) is 0 Å². The summed E-state index contributed by atoms with van der Waals surface area (Å²) in [4.78, 5) is 12.4. The minimum absolute atomic E-state index is 0. The average Bonchev–Trinajstić information content (AvgIpc) is 3.44. The van der Waals surface area contributed by atoms with E-state index in [1.807, 2.05) is 18.2 Å². The van der Waals surface area contributed by atoms with E-state index in [4.69, 9.17) is 0 Å². The highest BCUT2D eigenvalue weighted by molar-refractivity contribution is 5.86. The Morgan fingerprint density at radius 2 is 1.49 bits per heavy atom. The van der Waals surface area contributed by atoms with Crippen LogP contribution in [0.4, 0.5) is 17.1 Å². The Balaban J connectivity index is 0.00000114. The predicted octanol–water partition coefficient (Wildman–Crippen LogP) is 5.02. The lowest BCUT2D eigenvalue weighted by molar-refractivity contribution is 0.313. The van der Waals surface area contributed by atoms with Crippen LogP contribution in [0, 0.1) is 0 Å². The van der Waals surface area contributed by atoms with Crippen molar-refractivity contribution < 1.29 is 5.11 Å². The first-order chi connectivity index (χ1) is 15.6. The Bertz CT molecular complexity index is 1290. The van der Waals surface area contributed by atoms with Crippen LogP contribution in [0.25, 0.3) is 11.0 Å². The molecule has 6 rings (SSSR count). The summed E-state index contributed by atoms with van der Waals surface area (Å²) in [5.74, 6) is 0.251. The van der Waals surface area contributed by atoms with E-state index in [1.165, 1.54) is 5.69 Å². The van der Waals surface area contributed by atoms with Gasteiger partial charge in [0, 0.05) is 43.0 Å². The molecule has 35 heavy (non-hydrogen) atoms. The second kappa shape index (κ2) is 10.4. The van der Waals surface area contributed by atoms with Gasteiger partial charge in [-0.05, 0) is 49.5 Å². The number of phenolic OH excluding ortho intramolecular Hbond substituents is 1. The van der Waals surface area contributed by atoms with Crippen molar-refractivity contribution in [2.24, 2.45) is 0 Å². The van der Waals surface area contributed by atoms with Gasteiger partial charge in [0.1, 0.15) is 5.75 Å². The topological polar surface area (TPSA) is 79.4 Å². The molecular weight excluding hydrogens is 507 g/mol. The molecule has 4 N–H and O–H groups in total. The van der Waals surface area contributed by atoms with Crippen LogP contribution in [0.5, 0.6) is 5.75 Å². The summed E-state index contributed by atoms with van der Waals surface area (Å²) < 4.78 is 0. The first kappa shape index (κ1) is 26.8. The number of aromatic amines is 1. The van der Waals surface area contributed by atoms with E-state index in [1.54, 1.807) is 18.5 Å². The number of benzene rings is 3. The quantitative estimate of drug-likeness (QED) is 0.295. The van der Waals surface area contributed by atoms with Crippen LogP contribution in [-0.4, -0.2) is 53.2 Å². The molecule has 0 amide bonds. The van der Waals surface area contributed by atoms with Gasteiger partial charge in [-0.15, -0.1) is 37.2 Å². The number of rotatable bonds is 3. The average molecular weight is 536 g/mol. The molecule has 3 heterocycles. The summed E-state index contributed by atoms with van der Waals surface area (Å²) in [6.45, 7) is 4.21. The molecule has 1 fully saturated rings. The Morgan fingerprint density at radius 3 is 2.23 bits per heavy atom. The van der Waals surface area contributed by atoms with E-state index in [-0.39, 0.29) is 43.0 Å². The summed E-state index contributed by atoms with van der Waals surface area (Å²) >= 11 is 0. The first-order valence-electron chi connectivity index (χ1n) is 11.0. The van der Waals surface area contributed by atoms with Crippen molar-refractivity contribution in [1.82, 2.24) is 14.9 Å². The fourth-order valence-electron chi connectivity index (χ4n) is 4.78. The molecule has 10 heteroatoms. The number of likely N-dealkylation sites (N-methyl/N-ethyl adjacent to an activating group) is 1. The standard InChI is InChI=1S/C25H26N6O.3ClH/c1-30-10-12-31(13-11-30)19-5-9-22-24(15-19)29-25(28-22,17-2-6-20(32)7-3-17)18-4-8-21-23(14-18)27-16-26-21;;;/h2-9,14-16,28-29,32H,10-13H2,1H3,(H,26,27);3*1H. The van der Waals surface area contributed by atoms with Crippen LogP contribution in [0.1, 0.15) is 11.1 Å². The van der Waals surface area contributed by atoms with Crippen LogP contribution in [-0.2, 0) is 5.66 Å². The number of halogens is 3. The molecule has 1 atom stereocenters. The number of nitrogens with zero attached hydrogens (tertiary/aromatic N) is 3. The van der Waals surface area contributed by atoms with Crippen LogP contribution < -0.4 is 15.5 Å². The van der Waals surface area contributed by atoms with Gasteiger partial charge >= 0.3 is 0 Å². The minimum Gasteiger partial charge on any atom is -0.508 e. The van der Waals surface area contributed by atoms with Gasteiger partial charge < -0.3 is 30.5 Å². The number of fused-ring (bicyclic) bond motifs is 2. The van der Waals surface area contributed by atoms with Crippen molar-refractivity contribution >= 4 is 65.3 Å². The summed E-state index contributed by atoms with van der Waals surface area (Å²) in [6.07, 6.45) is 1.72. The molecule has 1 aromatic heterocycles. The molecular formula is C25H29Cl3N6O. The highest BCUT2D eigenvalue weighted by Crippen LogP contribution is 2.45. The van der Waals surface area contributed by atoms with Gasteiger partial charge in [0.05, 0.1) is 28.7 Å². The second-order valence-corrected chi connectivity index (χ2v) is 8.70. The molecule has 0 aliphatic carbocycles. The molecule has 1 saturated heterocycles. The largest absolute Gasteiger partial charge is 0.508 e. The fraction of sp³-hybridized carbons (Fsp3) is 0.240. The van der Waals surface area contributed by atoms with Crippen molar-refractivity contribution in [2.45, 2.75) is 5.66 Å². The predicted molar refractivity (Wildman–Crippen MR) is 150 cm³/mol. The monoisotopic (exact) mass is 534 g/mol. The lowest BCUT2D eigenvalue weighted by Gasteiger charge is -2.34. The van der Waals surface area contributed by atoms with E-state index < -0.39 is 5.66 Å². The lowest BCUT2D eigenvalue weighted by atomic mass is 9.91. The third kappa shape index (κ3) is 4.69. The molecule has 3 aromatic carbocycles. The second-order valence-electron chi connectivity index (χ2n) is 8.70. The van der Waals surface area contributed by atoms with Gasteiger partial charge in [-0.3, -0.25) is 0 Å². The van der Waals surface area contributed by atoms with Gasteiger partial charge in [0.2, 0.25) is 0 Å². The molecule has 2 aliphatic heterocycles.